The van der Waals surface area contributed by atoms with Gasteiger partial charge in [0, 0.05) is 5.56 Å². The number of halogens is 3. The highest BCUT2D eigenvalue weighted by molar-refractivity contribution is 6.40. The molecule has 0 unspecified atom stereocenters. The number of aromatic nitrogens is 2. The largest absolute Gasteiger partial charge is 0.504 e. The minimum Gasteiger partial charge on any atom is -0.504 e. The van der Waals surface area contributed by atoms with Crippen molar-refractivity contribution in [2.75, 3.05) is 5.73 Å². The van der Waals surface area contributed by atoms with Gasteiger partial charge < -0.3 is 20.7 Å². The summed E-state index contributed by atoms with van der Waals surface area (Å²) in [4.78, 5) is 11.8. The minimum absolute atomic E-state index is 0.0355. The Morgan fingerprint density at radius 1 is 1.13 bits per heavy atom. The van der Waals surface area contributed by atoms with Gasteiger partial charge in [-0.15, -0.1) is 5.10 Å². The van der Waals surface area contributed by atoms with E-state index in [1.54, 1.807) is 13.8 Å². The van der Waals surface area contributed by atoms with Crippen molar-refractivity contribution in [3.8, 4) is 23.1 Å². The Hall–Kier alpha value is -1.83. The molecule has 0 aliphatic carbocycles. The zero-order chi connectivity index (χ0) is 17.5. The first-order valence-corrected chi connectivity index (χ1v) is 7.44. The lowest BCUT2D eigenvalue weighted by atomic mass is 10.1. The number of benzene rings is 1. The quantitative estimate of drug-likeness (QED) is 0.476. The summed E-state index contributed by atoms with van der Waals surface area (Å²) in [6, 6.07) is 0. The Balaban J connectivity index is 2.62. The van der Waals surface area contributed by atoms with Crippen LogP contribution in [0.25, 0.3) is 0 Å². The molecule has 7 nitrogen and oxygen atoms in total. The van der Waals surface area contributed by atoms with Gasteiger partial charge in [0.1, 0.15) is 20.8 Å². The molecule has 0 aliphatic heterocycles. The average Bonchev–Trinajstić information content (AvgIpc) is 2.49. The molecule has 124 valence electrons. The van der Waals surface area contributed by atoms with E-state index in [1.807, 2.05) is 0 Å². The number of nitrogens with zero attached hydrogens (tertiary/aromatic N) is 1. The fourth-order valence-electron chi connectivity index (χ4n) is 1.86. The van der Waals surface area contributed by atoms with Crippen LogP contribution >= 0.6 is 34.8 Å². The zero-order valence-corrected chi connectivity index (χ0v) is 14.2. The van der Waals surface area contributed by atoms with Gasteiger partial charge in [-0.3, -0.25) is 4.79 Å². The Morgan fingerprint density at radius 2 is 1.65 bits per heavy atom. The molecule has 0 atom stereocenters. The second-order valence-corrected chi connectivity index (χ2v) is 6.04. The van der Waals surface area contributed by atoms with Gasteiger partial charge in [-0.1, -0.05) is 48.7 Å². The fourth-order valence-corrected chi connectivity index (χ4v) is 2.76. The number of rotatable bonds is 3. The van der Waals surface area contributed by atoms with E-state index in [0.29, 0.717) is 0 Å². The lowest BCUT2D eigenvalue weighted by Gasteiger charge is -2.15. The lowest BCUT2D eigenvalue weighted by Crippen LogP contribution is -2.16. The molecule has 10 heteroatoms. The molecule has 1 heterocycles. The monoisotopic (exact) mass is 379 g/mol. The highest BCUT2D eigenvalue weighted by Crippen LogP contribution is 2.51. The van der Waals surface area contributed by atoms with E-state index >= 15 is 0 Å². The van der Waals surface area contributed by atoms with Gasteiger partial charge in [0.25, 0.3) is 11.4 Å². The summed E-state index contributed by atoms with van der Waals surface area (Å²) in [5, 5.41) is 24.7. The Morgan fingerprint density at radius 3 is 2.13 bits per heavy atom. The summed E-state index contributed by atoms with van der Waals surface area (Å²) in [6.45, 7) is 3.53. The van der Waals surface area contributed by atoms with E-state index in [4.69, 9.17) is 45.3 Å². The van der Waals surface area contributed by atoms with Crippen molar-refractivity contribution in [1.29, 1.82) is 0 Å². The van der Waals surface area contributed by atoms with Crippen molar-refractivity contribution in [2.45, 2.75) is 19.8 Å². The van der Waals surface area contributed by atoms with Crippen LogP contribution in [0.4, 0.5) is 5.69 Å². The van der Waals surface area contributed by atoms with Crippen molar-refractivity contribution < 1.29 is 14.9 Å². The van der Waals surface area contributed by atoms with Crippen LogP contribution in [0.15, 0.2) is 4.79 Å². The molecule has 0 aliphatic rings. The summed E-state index contributed by atoms with van der Waals surface area (Å²) in [5.41, 5.74) is 4.85. The number of hydrogen-bond acceptors (Lipinski definition) is 6. The first kappa shape index (κ1) is 17.5. The van der Waals surface area contributed by atoms with Crippen LogP contribution in [0.3, 0.4) is 0 Å². The van der Waals surface area contributed by atoms with Crippen molar-refractivity contribution in [3.05, 3.63) is 31.0 Å². The first-order chi connectivity index (χ1) is 10.7. The molecule has 0 saturated heterocycles. The van der Waals surface area contributed by atoms with E-state index in [9.17, 15) is 15.0 Å². The van der Waals surface area contributed by atoms with Crippen LogP contribution < -0.4 is 16.0 Å². The van der Waals surface area contributed by atoms with E-state index in [1.165, 1.54) is 0 Å². The van der Waals surface area contributed by atoms with Crippen molar-refractivity contribution >= 4 is 40.5 Å². The van der Waals surface area contributed by atoms with Gasteiger partial charge >= 0.3 is 0 Å². The maximum absolute atomic E-state index is 11.8. The number of ether oxygens (including phenoxy) is 1. The van der Waals surface area contributed by atoms with Gasteiger partial charge in [0.2, 0.25) is 0 Å². The number of hydrogen-bond donors (Lipinski definition) is 4. The SMILES string of the molecule is CC(C)c1c(Cl)c(Oc2c(Cl)c(O)c(N)c(O)c2Cl)n[nH]c1=O. The Kier molecular flexibility index (Phi) is 4.84. The number of anilines is 1. The summed E-state index contributed by atoms with van der Waals surface area (Å²) in [5.74, 6) is -1.90. The summed E-state index contributed by atoms with van der Waals surface area (Å²) >= 11 is 18.0. The van der Waals surface area contributed by atoms with Gasteiger partial charge in [0.15, 0.2) is 17.2 Å². The molecule has 0 amide bonds. The Labute approximate surface area is 145 Å². The number of nitrogens with one attached hydrogen (secondary N) is 1. The van der Waals surface area contributed by atoms with Crippen LogP contribution in [0.1, 0.15) is 25.3 Å². The number of phenols is 2. The number of phenolic OH excluding ortho intramolecular Hbond substituents is 2. The second-order valence-electron chi connectivity index (χ2n) is 4.91. The average molecular weight is 381 g/mol. The fraction of sp³-hybridized carbons (Fsp3) is 0.231. The normalized spacial score (nSPS) is 11.0. The van der Waals surface area contributed by atoms with E-state index in [2.05, 4.69) is 10.2 Å². The zero-order valence-electron chi connectivity index (χ0n) is 11.9. The van der Waals surface area contributed by atoms with Gasteiger partial charge in [0.05, 0.1) is 0 Å². The topological polar surface area (TPSA) is 121 Å². The molecule has 1 aromatic carbocycles. The third kappa shape index (κ3) is 2.99. The van der Waals surface area contributed by atoms with E-state index in [0.717, 1.165) is 0 Å². The van der Waals surface area contributed by atoms with Crippen LogP contribution in [-0.4, -0.2) is 20.4 Å². The maximum Gasteiger partial charge on any atom is 0.269 e. The third-order valence-electron chi connectivity index (χ3n) is 3.03. The molecular formula is C13H12Cl3N3O4. The van der Waals surface area contributed by atoms with Crippen LogP contribution in [0, 0.1) is 0 Å². The molecule has 2 rings (SSSR count). The second kappa shape index (κ2) is 6.35. The van der Waals surface area contributed by atoms with Crippen molar-refractivity contribution in [2.24, 2.45) is 0 Å². The highest BCUT2D eigenvalue weighted by atomic mass is 35.5. The van der Waals surface area contributed by atoms with Gasteiger partial charge in [-0.2, -0.15) is 0 Å². The predicted molar refractivity (Wildman–Crippen MR) is 88.2 cm³/mol. The number of nitrogens with two attached hydrogens (primary N) is 1. The van der Waals surface area contributed by atoms with E-state index < -0.39 is 22.7 Å². The maximum atomic E-state index is 11.8. The molecule has 0 fully saturated rings. The summed E-state index contributed by atoms with van der Waals surface area (Å²) < 4.78 is 5.38. The smallest absolute Gasteiger partial charge is 0.269 e. The minimum atomic E-state index is -0.604. The van der Waals surface area contributed by atoms with Gasteiger partial charge in [-0.25, -0.2) is 5.10 Å². The molecule has 0 saturated carbocycles. The lowest BCUT2D eigenvalue weighted by molar-refractivity contribution is 0.425. The molecule has 0 bridgehead atoms. The molecule has 23 heavy (non-hydrogen) atoms. The first-order valence-electron chi connectivity index (χ1n) is 6.31. The number of H-pyrrole nitrogens is 1. The molecule has 2 aromatic rings. The molecular weight excluding hydrogens is 369 g/mol. The van der Waals surface area contributed by atoms with Crippen molar-refractivity contribution in [3.63, 3.8) is 0 Å². The van der Waals surface area contributed by atoms with Crippen LogP contribution in [0.2, 0.25) is 15.1 Å². The van der Waals surface area contributed by atoms with Gasteiger partial charge in [-0.05, 0) is 5.92 Å². The van der Waals surface area contributed by atoms with Crippen molar-refractivity contribution in [1.82, 2.24) is 10.2 Å². The Bertz CT molecular complexity index is 807. The number of aromatic hydroxyl groups is 2. The number of nitrogen functional groups attached to an aromatic ring is 1. The molecule has 5 N–H and O–H groups in total. The van der Waals surface area contributed by atoms with Crippen LogP contribution in [0.5, 0.6) is 23.1 Å². The van der Waals surface area contributed by atoms with E-state index in [-0.39, 0.29) is 38.2 Å². The summed E-state index contributed by atoms with van der Waals surface area (Å²) in [7, 11) is 0. The predicted octanol–water partition coefficient (Wildman–Crippen LogP) is 3.64. The standard InChI is InChI=1S/C13H12Cl3N3O4/c1-3(2)4-5(14)13(19-18-12(4)22)23-11-6(15)9(20)8(17)10(21)7(11)16/h3,20-21H,17H2,1-2H3,(H,18,22). The molecule has 0 radical (unpaired) electrons. The third-order valence-corrected chi connectivity index (χ3v) is 4.10. The summed E-state index contributed by atoms with van der Waals surface area (Å²) in [6.07, 6.45) is 0. The highest BCUT2D eigenvalue weighted by Gasteiger charge is 2.24. The molecule has 0 spiro atoms. The number of aromatic amines is 1. The molecule has 1 aromatic heterocycles. The van der Waals surface area contributed by atoms with Crippen LogP contribution in [-0.2, 0) is 0 Å².